The first-order valence-corrected chi connectivity index (χ1v) is 9.70. The molecule has 0 heterocycles. The SMILES string of the molecule is CCC(C)c1ccccc1OCC(=O)Oc1ccc(C(=O)c2ccccc2)cc1. The van der Waals surface area contributed by atoms with Gasteiger partial charge in [-0.05, 0) is 48.2 Å². The molecule has 29 heavy (non-hydrogen) atoms. The lowest BCUT2D eigenvalue weighted by molar-refractivity contribution is -0.136. The smallest absolute Gasteiger partial charge is 0.349 e. The predicted octanol–water partition coefficient (Wildman–Crippen LogP) is 5.42. The van der Waals surface area contributed by atoms with E-state index < -0.39 is 5.97 Å². The Kier molecular flexibility index (Phi) is 6.80. The Labute approximate surface area is 171 Å². The molecule has 0 saturated carbocycles. The van der Waals surface area contributed by atoms with E-state index in [4.69, 9.17) is 9.47 Å². The first kappa shape index (κ1) is 20.3. The molecule has 0 saturated heterocycles. The van der Waals surface area contributed by atoms with Crippen molar-refractivity contribution in [2.24, 2.45) is 0 Å². The Balaban J connectivity index is 1.58. The molecule has 0 aromatic heterocycles. The summed E-state index contributed by atoms with van der Waals surface area (Å²) in [6.45, 7) is 4.05. The maximum atomic E-state index is 12.4. The summed E-state index contributed by atoms with van der Waals surface area (Å²) in [6, 6.07) is 23.3. The van der Waals surface area contributed by atoms with Crippen LogP contribution in [0.2, 0.25) is 0 Å². The normalized spacial score (nSPS) is 11.5. The zero-order valence-corrected chi connectivity index (χ0v) is 16.6. The molecule has 0 aliphatic heterocycles. The first-order chi connectivity index (χ1) is 14.1. The van der Waals surface area contributed by atoms with Gasteiger partial charge in [-0.15, -0.1) is 0 Å². The number of hydrogen-bond donors (Lipinski definition) is 0. The van der Waals surface area contributed by atoms with Crippen LogP contribution in [0.15, 0.2) is 78.9 Å². The lowest BCUT2D eigenvalue weighted by Gasteiger charge is -2.15. The van der Waals surface area contributed by atoms with Gasteiger partial charge in [0.05, 0.1) is 0 Å². The van der Waals surface area contributed by atoms with Crippen LogP contribution in [0, 0.1) is 0 Å². The van der Waals surface area contributed by atoms with Crippen LogP contribution >= 0.6 is 0 Å². The molecule has 0 fully saturated rings. The van der Waals surface area contributed by atoms with E-state index in [0.717, 1.165) is 12.0 Å². The molecular weight excluding hydrogens is 364 g/mol. The van der Waals surface area contributed by atoms with E-state index in [1.165, 1.54) is 0 Å². The van der Waals surface area contributed by atoms with Crippen molar-refractivity contribution < 1.29 is 19.1 Å². The predicted molar refractivity (Wildman–Crippen MR) is 113 cm³/mol. The maximum Gasteiger partial charge on any atom is 0.349 e. The van der Waals surface area contributed by atoms with Crippen LogP contribution in [0.25, 0.3) is 0 Å². The van der Waals surface area contributed by atoms with E-state index in [1.54, 1.807) is 36.4 Å². The summed E-state index contributed by atoms with van der Waals surface area (Å²) in [6.07, 6.45) is 0.985. The van der Waals surface area contributed by atoms with Crippen molar-refractivity contribution in [2.45, 2.75) is 26.2 Å². The molecule has 1 unspecified atom stereocenters. The molecule has 0 aliphatic carbocycles. The highest BCUT2D eigenvalue weighted by Gasteiger charge is 2.13. The van der Waals surface area contributed by atoms with Crippen molar-refractivity contribution in [2.75, 3.05) is 6.61 Å². The number of carbonyl (C=O) groups excluding carboxylic acids is 2. The number of esters is 1. The van der Waals surface area contributed by atoms with E-state index in [0.29, 0.717) is 28.5 Å². The molecule has 1 atom stereocenters. The van der Waals surface area contributed by atoms with Gasteiger partial charge in [-0.2, -0.15) is 0 Å². The fraction of sp³-hybridized carbons (Fsp3) is 0.200. The molecule has 0 radical (unpaired) electrons. The first-order valence-electron chi connectivity index (χ1n) is 9.70. The Morgan fingerprint density at radius 2 is 1.45 bits per heavy atom. The van der Waals surface area contributed by atoms with Gasteiger partial charge in [0.25, 0.3) is 0 Å². The zero-order chi connectivity index (χ0) is 20.6. The van der Waals surface area contributed by atoms with Crippen LogP contribution in [-0.4, -0.2) is 18.4 Å². The fourth-order valence-electron chi connectivity index (χ4n) is 2.97. The second-order valence-corrected chi connectivity index (χ2v) is 6.83. The minimum atomic E-state index is -0.494. The van der Waals surface area contributed by atoms with Gasteiger partial charge in [-0.3, -0.25) is 4.79 Å². The van der Waals surface area contributed by atoms with Crippen LogP contribution in [0.5, 0.6) is 11.5 Å². The van der Waals surface area contributed by atoms with Crippen LogP contribution in [0.3, 0.4) is 0 Å². The minimum absolute atomic E-state index is 0.0755. The molecule has 148 valence electrons. The number of hydrogen-bond acceptors (Lipinski definition) is 4. The molecule has 0 spiro atoms. The third-order valence-electron chi connectivity index (χ3n) is 4.79. The standard InChI is InChI=1S/C25H24O4/c1-3-18(2)22-11-7-8-12-23(22)28-17-24(26)29-21-15-13-20(14-16-21)25(27)19-9-5-4-6-10-19/h4-16,18H,3,17H2,1-2H3. The summed E-state index contributed by atoms with van der Waals surface area (Å²) in [5.74, 6) is 0.845. The van der Waals surface area contributed by atoms with Crippen molar-refractivity contribution in [3.05, 3.63) is 95.6 Å². The lowest BCUT2D eigenvalue weighted by atomic mass is 9.98. The summed E-state index contributed by atoms with van der Waals surface area (Å²) in [5.41, 5.74) is 2.23. The summed E-state index contributed by atoms with van der Waals surface area (Å²) in [7, 11) is 0. The van der Waals surface area contributed by atoms with Gasteiger partial charge in [0.1, 0.15) is 11.5 Å². The molecule has 3 aromatic carbocycles. The van der Waals surface area contributed by atoms with Crippen molar-refractivity contribution in [1.82, 2.24) is 0 Å². The van der Waals surface area contributed by atoms with E-state index in [-0.39, 0.29) is 12.4 Å². The number of benzene rings is 3. The Bertz CT molecular complexity index is 962. The molecule has 4 nitrogen and oxygen atoms in total. The van der Waals surface area contributed by atoms with E-state index in [2.05, 4.69) is 13.8 Å². The summed E-state index contributed by atoms with van der Waals surface area (Å²) in [5, 5.41) is 0. The average molecular weight is 388 g/mol. The molecule has 4 heteroatoms. The molecule has 0 aliphatic rings. The topological polar surface area (TPSA) is 52.6 Å². The van der Waals surface area contributed by atoms with Crippen LogP contribution in [0.4, 0.5) is 0 Å². The quantitative estimate of drug-likeness (QED) is 0.294. The van der Waals surface area contributed by atoms with Crippen molar-refractivity contribution >= 4 is 11.8 Å². The Hall–Kier alpha value is -3.40. The third-order valence-corrected chi connectivity index (χ3v) is 4.79. The van der Waals surface area contributed by atoms with Gasteiger partial charge in [-0.1, -0.05) is 62.4 Å². The fourth-order valence-corrected chi connectivity index (χ4v) is 2.97. The van der Waals surface area contributed by atoms with Gasteiger partial charge in [0, 0.05) is 11.1 Å². The van der Waals surface area contributed by atoms with Gasteiger partial charge < -0.3 is 9.47 Å². The average Bonchev–Trinajstić information content (AvgIpc) is 2.78. The Morgan fingerprint density at radius 3 is 2.14 bits per heavy atom. The second-order valence-electron chi connectivity index (χ2n) is 6.83. The van der Waals surface area contributed by atoms with E-state index in [1.807, 2.05) is 42.5 Å². The zero-order valence-electron chi connectivity index (χ0n) is 16.6. The highest BCUT2D eigenvalue weighted by Crippen LogP contribution is 2.28. The van der Waals surface area contributed by atoms with Gasteiger partial charge >= 0.3 is 5.97 Å². The summed E-state index contributed by atoms with van der Waals surface area (Å²) >= 11 is 0. The number of carbonyl (C=O) groups is 2. The highest BCUT2D eigenvalue weighted by molar-refractivity contribution is 6.09. The molecule has 0 N–H and O–H groups in total. The lowest BCUT2D eigenvalue weighted by Crippen LogP contribution is -2.18. The van der Waals surface area contributed by atoms with E-state index in [9.17, 15) is 9.59 Å². The molecule has 0 amide bonds. The van der Waals surface area contributed by atoms with E-state index >= 15 is 0 Å². The molecule has 0 bridgehead atoms. The Morgan fingerprint density at radius 1 is 0.828 bits per heavy atom. The van der Waals surface area contributed by atoms with Crippen molar-refractivity contribution in [3.8, 4) is 11.5 Å². The summed E-state index contributed by atoms with van der Waals surface area (Å²) in [4.78, 5) is 24.6. The van der Waals surface area contributed by atoms with Gasteiger partial charge in [0.2, 0.25) is 0 Å². The van der Waals surface area contributed by atoms with Gasteiger partial charge in [-0.25, -0.2) is 4.79 Å². The van der Waals surface area contributed by atoms with Gasteiger partial charge in [0.15, 0.2) is 12.4 Å². The van der Waals surface area contributed by atoms with Crippen molar-refractivity contribution in [3.63, 3.8) is 0 Å². The summed E-state index contributed by atoms with van der Waals surface area (Å²) < 4.78 is 11.0. The monoisotopic (exact) mass is 388 g/mol. The molecule has 3 aromatic rings. The maximum absolute atomic E-state index is 12.4. The molecular formula is C25H24O4. The largest absolute Gasteiger partial charge is 0.482 e. The third kappa shape index (κ3) is 5.32. The number of ketones is 1. The second kappa shape index (κ2) is 9.69. The number of para-hydroxylation sites is 1. The minimum Gasteiger partial charge on any atom is -0.482 e. The molecule has 3 rings (SSSR count). The number of rotatable bonds is 8. The van der Waals surface area contributed by atoms with Crippen molar-refractivity contribution in [1.29, 1.82) is 0 Å². The highest BCUT2D eigenvalue weighted by atomic mass is 16.6. The van der Waals surface area contributed by atoms with Crippen LogP contribution in [0.1, 0.15) is 47.7 Å². The van der Waals surface area contributed by atoms with Crippen LogP contribution < -0.4 is 9.47 Å². The van der Waals surface area contributed by atoms with Crippen LogP contribution in [-0.2, 0) is 4.79 Å². The number of ether oxygens (including phenoxy) is 2.